The number of carbonyl (C=O) groups excluding carboxylic acids is 1. The van der Waals surface area contributed by atoms with E-state index in [9.17, 15) is 9.59 Å². The first-order valence-corrected chi connectivity index (χ1v) is 9.12. The SMILES string of the molecule is COc1cccc([C@H]2CN(C(=O)CCc3c(C)nc(=O)[nH]c3C)C[C@@H]2N)c1. The number of rotatable bonds is 5. The Bertz CT molecular complexity index is 867. The van der Waals surface area contributed by atoms with E-state index in [0.717, 1.165) is 22.6 Å². The summed E-state index contributed by atoms with van der Waals surface area (Å²) < 4.78 is 5.29. The van der Waals surface area contributed by atoms with Crippen LogP contribution in [0.3, 0.4) is 0 Å². The Morgan fingerprint density at radius 3 is 2.85 bits per heavy atom. The predicted molar refractivity (Wildman–Crippen MR) is 103 cm³/mol. The number of aromatic amines is 1. The van der Waals surface area contributed by atoms with Crippen molar-refractivity contribution in [2.75, 3.05) is 20.2 Å². The van der Waals surface area contributed by atoms with Gasteiger partial charge in [-0.25, -0.2) is 4.79 Å². The standard InChI is InChI=1S/C20H26N4O3/c1-12-16(13(2)23-20(26)22-12)7-8-19(25)24-10-17(18(21)11-24)14-5-4-6-15(9-14)27-3/h4-6,9,17-18H,7-8,10-11,21H2,1-3H3,(H,22,23,26)/t17-,18+/m1/s1. The van der Waals surface area contributed by atoms with Crippen molar-refractivity contribution < 1.29 is 9.53 Å². The topological polar surface area (TPSA) is 101 Å². The van der Waals surface area contributed by atoms with Gasteiger partial charge in [-0.3, -0.25) is 4.79 Å². The summed E-state index contributed by atoms with van der Waals surface area (Å²) in [6, 6.07) is 7.76. The van der Waals surface area contributed by atoms with Gasteiger partial charge in [0.2, 0.25) is 5.91 Å². The summed E-state index contributed by atoms with van der Waals surface area (Å²) in [6.45, 7) is 4.78. The molecule has 1 saturated heterocycles. The lowest BCUT2D eigenvalue weighted by Gasteiger charge is -2.17. The highest BCUT2D eigenvalue weighted by molar-refractivity contribution is 5.77. The molecule has 2 heterocycles. The van der Waals surface area contributed by atoms with Crippen LogP contribution >= 0.6 is 0 Å². The van der Waals surface area contributed by atoms with E-state index in [2.05, 4.69) is 9.97 Å². The van der Waals surface area contributed by atoms with Crippen LogP contribution in [0, 0.1) is 13.8 Å². The van der Waals surface area contributed by atoms with Crippen molar-refractivity contribution in [2.45, 2.75) is 38.6 Å². The lowest BCUT2D eigenvalue weighted by Crippen LogP contribution is -2.32. The van der Waals surface area contributed by atoms with Crippen molar-refractivity contribution in [3.05, 3.63) is 57.3 Å². The zero-order valence-electron chi connectivity index (χ0n) is 16.0. The maximum atomic E-state index is 12.7. The average molecular weight is 370 g/mol. The smallest absolute Gasteiger partial charge is 0.345 e. The highest BCUT2D eigenvalue weighted by Gasteiger charge is 2.33. The second-order valence-corrected chi connectivity index (χ2v) is 7.08. The zero-order valence-corrected chi connectivity index (χ0v) is 16.0. The molecule has 2 atom stereocenters. The van der Waals surface area contributed by atoms with Crippen LogP contribution in [-0.4, -0.2) is 47.0 Å². The van der Waals surface area contributed by atoms with Crippen molar-refractivity contribution >= 4 is 5.91 Å². The van der Waals surface area contributed by atoms with Gasteiger partial charge in [-0.2, -0.15) is 4.98 Å². The second kappa shape index (κ2) is 7.92. The number of nitrogens with two attached hydrogens (primary N) is 1. The Hall–Kier alpha value is -2.67. The van der Waals surface area contributed by atoms with Crippen molar-refractivity contribution in [2.24, 2.45) is 5.73 Å². The van der Waals surface area contributed by atoms with Gasteiger partial charge < -0.3 is 20.4 Å². The quantitative estimate of drug-likeness (QED) is 0.826. The fourth-order valence-corrected chi connectivity index (χ4v) is 3.77. The molecule has 1 aliphatic rings. The molecule has 7 heteroatoms. The van der Waals surface area contributed by atoms with Crippen LogP contribution in [0.4, 0.5) is 0 Å². The van der Waals surface area contributed by atoms with Crippen LogP contribution in [0.2, 0.25) is 0 Å². The molecular weight excluding hydrogens is 344 g/mol. The van der Waals surface area contributed by atoms with Gasteiger partial charge in [0, 0.05) is 42.9 Å². The third-order valence-corrected chi connectivity index (χ3v) is 5.28. The molecule has 1 fully saturated rings. The third kappa shape index (κ3) is 4.19. The number of carbonyl (C=O) groups is 1. The zero-order chi connectivity index (χ0) is 19.6. The molecule has 0 aliphatic carbocycles. The third-order valence-electron chi connectivity index (χ3n) is 5.28. The number of benzene rings is 1. The maximum absolute atomic E-state index is 12.7. The molecule has 1 aromatic carbocycles. The molecule has 3 N–H and O–H groups in total. The van der Waals surface area contributed by atoms with E-state index < -0.39 is 0 Å². The first-order valence-electron chi connectivity index (χ1n) is 9.12. The van der Waals surface area contributed by atoms with E-state index in [4.69, 9.17) is 10.5 Å². The van der Waals surface area contributed by atoms with Gasteiger partial charge in [-0.05, 0) is 43.5 Å². The van der Waals surface area contributed by atoms with E-state index in [0.29, 0.717) is 31.6 Å². The molecule has 0 spiro atoms. The second-order valence-electron chi connectivity index (χ2n) is 7.08. The van der Waals surface area contributed by atoms with Crippen molar-refractivity contribution in [3.63, 3.8) is 0 Å². The van der Waals surface area contributed by atoms with Crippen LogP contribution in [-0.2, 0) is 11.2 Å². The summed E-state index contributed by atoms with van der Waals surface area (Å²) in [7, 11) is 1.64. The Kier molecular flexibility index (Phi) is 5.60. The largest absolute Gasteiger partial charge is 0.497 e. The molecule has 2 aromatic rings. The van der Waals surface area contributed by atoms with E-state index in [1.165, 1.54) is 0 Å². The lowest BCUT2D eigenvalue weighted by atomic mass is 9.95. The van der Waals surface area contributed by atoms with E-state index in [1.54, 1.807) is 14.0 Å². The first-order chi connectivity index (χ1) is 12.9. The van der Waals surface area contributed by atoms with Crippen LogP contribution < -0.4 is 16.2 Å². The first kappa shape index (κ1) is 19.1. The number of nitrogens with one attached hydrogen (secondary N) is 1. The number of nitrogens with zero attached hydrogens (tertiary/aromatic N) is 2. The molecule has 3 rings (SSSR count). The molecule has 144 valence electrons. The number of H-pyrrole nitrogens is 1. The maximum Gasteiger partial charge on any atom is 0.345 e. The van der Waals surface area contributed by atoms with Crippen LogP contribution in [0.5, 0.6) is 5.75 Å². The van der Waals surface area contributed by atoms with Gasteiger partial charge in [0.15, 0.2) is 0 Å². The number of hydrogen-bond donors (Lipinski definition) is 2. The normalized spacial score (nSPS) is 19.3. The van der Waals surface area contributed by atoms with Gasteiger partial charge in [0.05, 0.1) is 7.11 Å². The Morgan fingerprint density at radius 1 is 1.37 bits per heavy atom. The lowest BCUT2D eigenvalue weighted by molar-refractivity contribution is -0.130. The fraction of sp³-hybridized carbons (Fsp3) is 0.450. The van der Waals surface area contributed by atoms with E-state index >= 15 is 0 Å². The number of aryl methyl sites for hydroxylation is 2. The number of likely N-dealkylation sites (tertiary alicyclic amines) is 1. The molecule has 7 nitrogen and oxygen atoms in total. The molecule has 0 unspecified atom stereocenters. The minimum Gasteiger partial charge on any atom is -0.497 e. The minimum absolute atomic E-state index is 0.0702. The molecule has 0 radical (unpaired) electrons. The highest BCUT2D eigenvalue weighted by Crippen LogP contribution is 2.29. The summed E-state index contributed by atoms with van der Waals surface area (Å²) in [4.78, 5) is 32.6. The number of ether oxygens (including phenoxy) is 1. The van der Waals surface area contributed by atoms with Crippen molar-refractivity contribution in [1.29, 1.82) is 0 Å². The van der Waals surface area contributed by atoms with Crippen LogP contribution in [0.1, 0.15) is 34.9 Å². The fourth-order valence-electron chi connectivity index (χ4n) is 3.77. The van der Waals surface area contributed by atoms with Gasteiger partial charge in [0.1, 0.15) is 5.75 Å². The molecule has 27 heavy (non-hydrogen) atoms. The molecule has 1 amide bonds. The molecule has 0 bridgehead atoms. The molecule has 1 aromatic heterocycles. The molecular formula is C20H26N4O3. The van der Waals surface area contributed by atoms with Crippen LogP contribution in [0.15, 0.2) is 29.1 Å². The summed E-state index contributed by atoms with van der Waals surface area (Å²) in [5.41, 5.74) is 9.43. The van der Waals surface area contributed by atoms with Crippen molar-refractivity contribution in [1.82, 2.24) is 14.9 Å². The van der Waals surface area contributed by atoms with Gasteiger partial charge >= 0.3 is 5.69 Å². The summed E-state index contributed by atoms with van der Waals surface area (Å²) >= 11 is 0. The molecule has 0 saturated carbocycles. The Morgan fingerprint density at radius 2 is 2.15 bits per heavy atom. The van der Waals surface area contributed by atoms with Gasteiger partial charge in [-0.1, -0.05) is 12.1 Å². The number of hydrogen-bond acceptors (Lipinski definition) is 5. The summed E-state index contributed by atoms with van der Waals surface area (Å²) in [5, 5.41) is 0. The molecule has 1 aliphatic heterocycles. The number of amides is 1. The summed E-state index contributed by atoms with van der Waals surface area (Å²) in [6.07, 6.45) is 0.919. The number of aromatic nitrogens is 2. The average Bonchev–Trinajstić information content (AvgIpc) is 3.02. The Labute approximate surface area is 158 Å². The highest BCUT2D eigenvalue weighted by atomic mass is 16.5. The van der Waals surface area contributed by atoms with E-state index in [1.807, 2.05) is 36.1 Å². The number of methoxy groups -OCH3 is 1. The minimum atomic E-state index is -0.355. The van der Waals surface area contributed by atoms with Crippen molar-refractivity contribution in [3.8, 4) is 5.75 Å². The van der Waals surface area contributed by atoms with Gasteiger partial charge in [0.25, 0.3) is 0 Å². The van der Waals surface area contributed by atoms with E-state index in [-0.39, 0.29) is 23.6 Å². The van der Waals surface area contributed by atoms with Gasteiger partial charge in [-0.15, -0.1) is 0 Å². The predicted octanol–water partition coefficient (Wildman–Crippen LogP) is 1.28. The Balaban J connectivity index is 1.65. The monoisotopic (exact) mass is 370 g/mol. The van der Waals surface area contributed by atoms with Crippen LogP contribution in [0.25, 0.3) is 0 Å². The summed E-state index contributed by atoms with van der Waals surface area (Å²) in [5.74, 6) is 0.962.